The molecule has 0 aliphatic rings. The molecule has 0 saturated carbocycles. The molecule has 132 valence electrons. The number of nitrogens with one attached hydrogen (secondary N) is 1. The van der Waals surface area contributed by atoms with Crippen LogP contribution in [0.4, 0.5) is 10.8 Å². The molecule has 3 rings (SSSR count). The number of nitrogens with zero attached hydrogens (tertiary/aromatic N) is 2. The Morgan fingerprint density at radius 3 is 2.46 bits per heavy atom. The van der Waals surface area contributed by atoms with Gasteiger partial charge in [-0.25, -0.2) is 4.98 Å². The van der Waals surface area contributed by atoms with E-state index in [9.17, 15) is 14.9 Å². The Morgan fingerprint density at radius 2 is 1.85 bits per heavy atom. The number of carbonyl (C=O) groups excluding carboxylic acids is 1. The number of nitro benzene ring substituents is 1. The van der Waals surface area contributed by atoms with Gasteiger partial charge in [-0.3, -0.25) is 20.2 Å². The number of aryl methyl sites for hydroxylation is 1. The number of anilines is 1. The van der Waals surface area contributed by atoms with Crippen LogP contribution in [-0.4, -0.2) is 15.8 Å². The van der Waals surface area contributed by atoms with Gasteiger partial charge in [0.25, 0.3) is 11.6 Å². The summed E-state index contributed by atoms with van der Waals surface area (Å²) in [5, 5.41) is 14.6. The lowest BCUT2D eigenvalue weighted by Gasteiger charge is -2.01. The lowest BCUT2D eigenvalue weighted by Crippen LogP contribution is -2.11. The third-order valence-corrected chi connectivity index (χ3v) is 5.06. The van der Waals surface area contributed by atoms with E-state index in [4.69, 9.17) is 11.6 Å². The highest BCUT2D eigenvalue weighted by Gasteiger charge is 2.13. The molecule has 6 nitrogen and oxygen atoms in total. The molecule has 8 heteroatoms. The largest absolute Gasteiger partial charge is 0.298 e. The minimum atomic E-state index is -0.424. The van der Waals surface area contributed by atoms with Gasteiger partial charge in [-0.1, -0.05) is 23.7 Å². The number of amides is 1. The number of carbonyl (C=O) groups is 1. The number of hydrogen-bond donors (Lipinski definition) is 1. The summed E-state index contributed by atoms with van der Waals surface area (Å²) in [7, 11) is 0. The minimum absolute atomic E-state index is 0.0608. The van der Waals surface area contributed by atoms with E-state index in [0.29, 0.717) is 22.1 Å². The molecule has 0 atom stereocenters. The molecule has 0 aliphatic heterocycles. The summed E-state index contributed by atoms with van der Waals surface area (Å²) in [6, 6.07) is 13.0. The standard InChI is InChI=1S/C18H14ClN3O3S/c1-11-16(10-12-2-8-15(9-3-12)22(24)25)26-18(20-11)21-17(23)13-4-6-14(19)7-5-13/h2-9H,10H2,1H3,(H,20,21,23). The molecule has 0 unspecified atom stereocenters. The maximum absolute atomic E-state index is 12.3. The van der Waals surface area contributed by atoms with Gasteiger partial charge >= 0.3 is 0 Å². The molecule has 0 aliphatic carbocycles. The van der Waals surface area contributed by atoms with E-state index in [1.54, 1.807) is 36.4 Å². The highest BCUT2D eigenvalue weighted by molar-refractivity contribution is 7.15. The van der Waals surface area contributed by atoms with Crippen LogP contribution in [0.25, 0.3) is 0 Å². The SMILES string of the molecule is Cc1nc(NC(=O)c2ccc(Cl)cc2)sc1Cc1ccc([N+](=O)[O-])cc1. The molecule has 1 aromatic heterocycles. The maximum Gasteiger partial charge on any atom is 0.269 e. The van der Waals surface area contributed by atoms with Gasteiger partial charge in [-0.2, -0.15) is 0 Å². The summed E-state index contributed by atoms with van der Waals surface area (Å²) >= 11 is 7.21. The second-order valence-electron chi connectivity index (χ2n) is 5.59. The van der Waals surface area contributed by atoms with Gasteiger partial charge in [-0.05, 0) is 36.8 Å². The second kappa shape index (κ2) is 7.63. The molecule has 0 spiro atoms. The van der Waals surface area contributed by atoms with Crippen molar-refractivity contribution in [1.82, 2.24) is 4.98 Å². The number of aromatic nitrogens is 1. The average Bonchev–Trinajstić information content (AvgIpc) is 2.95. The summed E-state index contributed by atoms with van der Waals surface area (Å²) in [6.45, 7) is 1.87. The zero-order valence-electron chi connectivity index (χ0n) is 13.7. The van der Waals surface area contributed by atoms with Gasteiger partial charge in [0.15, 0.2) is 5.13 Å². The molecular formula is C18H14ClN3O3S. The summed E-state index contributed by atoms with van der Waals surface area (Å²) in [5.41, 5.74) is 2.32. The zero-order valence-corrected chi connectivity index (χ0v) is 15.3. The minimum Gasteiger partial charge on any atom is -0.298 e. The smallest absolute Gasteiger partial charge is 0.269 e. The van der Waals surface area contributed by atoms with Gasteiger partial charge in [0.05, 0.1) is 10.6 Å². The van der Waals surface area contributed by atoms with Crippen molar-refractivity contribution in [1.29, 1.82) is 0 Å². The van der Waals surface area contributed by atoms with E-state index in [-0.39, 0.29) is 11.6 Å². The van der Waals surface area contributed by atoms with Crippen molar-refractivity contribution in [2.24, 2.45) is 0 Å². The van der Waals surface area contributed by atoms with E-state index in [1.165, 1.54) is 23.5 Å². The lowest BCUT2D eigenvalue weighted by atomic mass is 10.1. The van der Waals surface area contributed by atoms with Crippen LogP contribution in [0.2, 0.25) is 5.02 Å². The molecule has 0 fully saturated rings. The van der Waals surface area contributed by atoms with Crippen molar-refractivity contribution < 1.29 is 9.72 Å². The van der Waals surface area contributed by atoms with Gasteiger partial charge in [-0.15, -0.1) is 11.3 Å². The lowest BCUT2D eigenvalue weighted by molar-refractivity contribution is -0.384. The molecule has 0 saturated heterocycles. The Morgan fingerprint density at radius 1 is 1.19 bits per heavy atom. The molecular weight excluding hydrogens is 374 g/mol. The molecule has 1 amide bonds. The molecule has 1 N–H and O–H groups in total. The van der Waals surface area contributed by atoms with Crippen molar-refractivity contribution in [3.05, 3.63) is 85.4 Å². The van der Waals surface area contributed by atoms with Crippen LogP contribution in [0.3, 0.4) is 0 Å². The number of hydrogen-bond acceptors (Lipinski definition) is 5. The fourth-order valence-electron chi connectivity index (χ4n) is 2.34. The van der Waals surface area contributed by atoms with Crippen molar-refractivity contribution in [2.75, 3.05) is 5.32 Å². The van der Waals surface area contributed by atoms with E-state index in [1.807, 2.05) is 6.92 Å². The number of nitro groups is 1. The highest BCUT2D eigenvalue weighted by Crippen LogP contribution is 2.26. The average molecular weight is 388 g/mol. The Hall–Kier alpha value is -2.77. The van der Waals surface area contributed by atoms with Crippen molar-refractivity contribution in [2.45, 2.75) is 13.3 Å². The Balaban J connectivity index is 1.71. The van der Waals surface area contributed by atoms with E-state index in [0.717, 1.165) is 16.1 Å². The summed E-state index contributed by atoms with van der Waals surface area (Å²) < 4.78 is 0. The highest BCUT2D eigenvalue weighted by atomic mass is 35.5. The number of non-ortho nitro benzene ring substituents is 1. The van der Waals surface area contributed by atoms with Gasteiger partial charge < -0.3 is 0 Å². The fraction of sp³-hybridized carbons (Fsp3) is 0.111. The predicted octanol–water partition coefficient (Wildman–Crippen LogP) is 4.86. The normalized spacial score (nSPS) is 10.5. The molecule has 1 heterocycles. The predicted molar refractivity (Wildman–Crippen MR) is 102 cm³/mol. The summed E-state index contributed by atoms with van der Waals surface area (Å²) in [5.74, 6) is -0.252. The van der Waals surface area contributed by atoms with Crippen molar-refractivity contribution in [3.8, 4) is 0 Å². The number of rotatable bonds is 5. The number of halogens is 1. The Kier molecular flexibility index (Phi) is 5.29. The van der Waals surface area contributed by atoms with E-state index >= 15 is 0 Å². The van der Waals surface area contributed by atoms with Gasteiger partial charge in [0.2, 0.25) is 0 Å². The van der Waals surface area contributed by atoms with Crippen LogP contribution in [0.1, 0.15) is 26.5 Å². The maximum atomic E-state index is 12.3. The Labute approximate surface area is 158 Å². The first kappa shape index (κ1) is 18.0. The zero-order chi connectivity index (χ0) is 18.7. The molecule has 2 aromatic carbocycles. The number of thiazole rings is 1. The van der Waals surface area contributed by atoms with Crippen LogP contribution >= 0.6 is 22.9 Å². The van der Waals surface area contributed by atoms with Crippen LogP contribution in [0.5, 0.6) is 0 Å². The first-order valence-electron chi connectivity index (χ1n) is 7.69. The van der Waals surface area contributed by atoms with Crippen LogP contribution in [0.15, 0.2) is 48.5 Å². The van der Waals surface area contributed by atoms with E-state index in [2.05, 4.69) is 10.3 Å². The quantitative estimate of drug-likeness (QED) is 0.500. The monoisotopic (exact) mass is 387 g/mol. The second-order valence-corrected chi connectivity index (χ2v) is 7.11. The van der Waals surface area contributed by atoms with Crippen LogP contribution in [-0.2, 0) is 6.42 Å². The van der Waals surface area contributed by atoms with Crippen LogP contribution in [0, 0.1) is 17.0 Å². The van der Waals surface area contributed by atoms with Gasteiger partial charge in [0.1, 0.15) is 0 Å². The number of benzene rings is 2. The third kappa shape index (κ3) is 4.25. The first-order valence-corrected chi connectivity index (χ1v) is 8.88. The molecule has 0 radical (unpaired) electrons. The van der Waals surface area contributed by atoms with Crippen molar-refractivity contribution in [3.63, 3.8) is 0 Å². The first-order chi connectivity index (χ1) is 12.4. The molecule has 0 bridgehead atoms. The molecule has 26 heavy (non-hydrogen) atoms. The fourth-order valence-corrected chi connectivity index (χ4v) is 3.45. The summed E-state index contributed by atoms with van der Waals surface area (Å²) in [4.78, 5) is 27.9. The summed E-state index contributed by atoms with van der Waals surface area (Å²) in [6.07, 6.45) is 0.596. The van der Waals surface area contributed by atoms with Crippen molar-refractivity contribution >= 4 is 39.7 Å². The molecule has 3 aromatic rings. The Bertz CT molecular complexity index is 953. The van der Waals surface area contributed by atoms with Gasteiger partial charge in [0, 0.05) is 34.0 Å². The van der Waals surface area contributed by atoms with E-state index < -0.39 is 4.92 Å². The van der Waals surface area contributed by atoms with Crippen LogP contribution < -0.4 is 5.32 Å². The third-order valence-electron chi connectivity index (χ3n) is 3.73. The topological polar surface area (TPSA) is 85.1 Å².